The molecule has 1 aliphatic heterocycles. The molecule has 2 aromatic carbocycles. The molecule has 1 saturated heterocycles. The Balaban J connectivity index is 1.51. The van der Waals surface area contributed by atoms with Crippen LogP contribution in [0, 0.1) is 5.82 Å². The van der Waals surface area contributed by atoms with Gasteiger partial charge in [-0.15, -0.1) is 0 Å². The number of H-pyrrole nitrogens is 1. The van der Waals surface area contributed by atoms with E-state index >= 15 is 4.39 Å². The number of hydrogen-bond donors (Lipinski definition) is 2. The normalized spacial score (nSPS) is 14.5. The second kappa shape index (κ2) is 11.2. The van der Waals surface area contributed by atoms with E-state index in [1.165, 1.54) is 28.8 Å². The molecule has 206 valence electrons. The first-order valence-electron chi connectivity index (χ1n) is 12.8. The summed E-state index contributed by atoms with van der Waals surface area (Å²) in [6, 6.07) is 10.9. The Labute approximate surface area is 226 Å². The summed E-state index contributed by atoms with van der Waals surface area (Å²) in [4.78, 5) is 17.9. The molecular formula is C28H31FN4O5S. The van der Waals surface area contributed by atoms with Crippen LogP contribution in [0.25, 0.3) is 22.0 Å². The number of nitrogens with zero attached hydrogens (tertiary/aromatic N) is 2. The number of sulfone groups is 1. The van der Waals surface area contributed by atoms with Gasteiger partial charge in [-0.1, -0.05) is 13.0 Å². The molecule has 0 unspecified atom stereocenters. The average molecular weight is 555 g/mol. The van der Waals surface area contributed by atoms with Gasteiger partial charge in [0.05, 0.1) is 10.6 Å². The Hall–Kier alpha value is -3.67. The van der Waals surface area contributed by atoms with E-state index in [9.17, 15) is 13.2 Å². The van der Waals surface area contributed by atoms with Crippen LogP contribution >= 0.6 is 0 Å². The fourth-order valence-electron chi connectivity index (χ4n) is 4.67. The third-order valence-electron chi connectivity index (χ3n) is 6.90. The zero-order chi connectivity index (χ0) is 27.6. The van der Waals surface area contributed by atoms with Crippen LogP contribution in [0.3, 0.4) is 0 Å². The fourth-order valence-corrected chi connectivity index (χ4v) is 5.58. The summed E-state index contributed by atoms with van der Waals surface area (Å²) >= 11 is 0. The Morgan fingerprint density at radius 1 is 1.03 bits per heavy atom. The van der Waals surface area contributed by atoms with E-state index in [1.54, 1.807) is 44.6 Å². The number of hydrogen-bond acceptors (Lipinski definition) is 7. The molecule has 4 aromatic rings. The molecule has 0 spiro atoms. The van der Waals surface area contributed by atoms with Crippen molar-refractivity contribution in [3.8, 4) is 28.4 Å². The molecule has 2 aromatic heterocycles. The zero-order valence-electron chi connectivity index (χ0n) is 21.9. The second-order valence-electron chi connectivity index (χ2n) is 9.40. The van der Waals surface area contributed by atoms with Crippen molar-refractivity contribution in [3.05, 3.63) is 71.0 Å². The molecule has 9 nitrogen and oxygen atoms in total. The van der Waals surface area contributed by atoms with E-state index in [1.807, 2.05) is 0 Å². The molecule has 0 radical (unpaired) electrons. The molecule has 39 heavy (non-hydrogen) atoms. The van der Waals surface area contributed by atoms with Gasteiger partial charge in [0, 0.05) is 68.7 Å². The molecule has 3 heterocycles. The number of pyridine rings is 1. The van der Waals surface area contributed by atoms with Gasteiger partial charge in [0.2, 0.25) is 5.82 Å². The highest BCUT2D eigenvalue weighted by Crippen LogP contribution is 2.39. The number of aromatic amines is 1. The fraction of sp³-hybridized carbons (Fsp3) is 0.321. The number of aromatic nitrogens is 2. The predicted octanol–water partition coefficient (Wildman–Crippen LogP) is 3.54. The van der Waals surface area contributed by atoms with Crippen molar-refractivity contribution in [1.82, 2.24) is 19.8 Å². The molecule has 0 amide bonds. The van der Waals surface area contributed by atoms with Crippen LogP contribution in [0.5, 0.6) is 17.2 Å². The van der Waals surface area contributed by atoms with Crippen molar-refractivity contribution in [3.63, 3.8) is 0 Å². The lowest BCUT2D eigenvalue weighted by Crippen LogP contribution is -2.44. The summed E-state index contributed by atoms with van der Waals surface area (Å²) in [5.41, 5.74) is 1.13. The van der Waals surface area contributed by atoms with Gasteiger partial charge in [-0.2, -0.15) is 4.39 Å². The minimum atomic E-state index is -3.54. The van der Waals surface area contributed by atoms with Gasteiger partial charge in [-0.3, -0.25) is 9.69 Å². The first-order valence-corrected chi connectivity index (χ1v) is 14.5. The summed E-state index contributed by atoms with van der Waals surface area (Å²) in [6.45, 7) is 6.26. The first-order chi connectivity index (χ1) is 18.8. The summed E-state index contributed by atoms with van der Waals surface area (Å²) in [6.07, 6.45) is 3.26. The SMILES string of the molecule is CCS(=O)(=O)c1ccc(Oc2cccc(OCCN3CCNCC3)c2F)c(-c2cn(C)c(=O)c3[nH]ccc23)c1. The van der Waals surface area contributed by atoms with E-state index in [4.69, 9.17) is 9.47 Å². The van der Waals surface area contributed by atoms with Crippen molar-refractivity contribution >= 4 is 20.7 Å². The maximum absolute atomic E-state index is 15.5. The monoisotopic (exact) mass is 554 g/mol. The van der Waals surface area contributed by atoms with Gasteiger partial charge in [0.25, 0.3) is 5.56 Å². The van der Waals surface area contributed by atoms with Crippen LogP contribution in [0.2, 0.25) is 0 Å². The lowest BCUT2D eigenvalue weighted by atomic mass is 10.0. The highest BCUT2D eigenvalue weighted by molar-refractivity contribution is 7.91. The highest BCUT2D eigenvalue weighted by Gasteiger charge is 2.21. The first kappa shape index (κ1) is 26.9. The molecule has 0 saturated carbocycles. The molecule has 0 atom stereocenters. The number of ether oxygens (including phenoxy) is 2. The van der Waals surface area contributed by atoms with Crippen molar-refractivity contribution in [2.45, 2.75) is 11.8 Å². The smallest absolute Gasteiger partial charge is 0.274 e. The number of nitrogens with one attached hydrogen (secondary N) is 2. The Morgan fingerprint density at radius 3 is 2.56 bits per heavy atom. The summed E-state index contributed by atoms with van der Waals surface area (Å²) in [5, 5.41) is 3.89. The maximum atomic E-state index is 15.5. The molecule has 0 bridgehead atoms. The molecular weight excluding hydrogens is 523 g/mol. The van der Waals surface area contributed by atoms with Crippen molar-refractivity contribution in [2.24, 2.45) is 7.05 Å². The number of piperazine rings is 1. The topological polar surface area (TPSA) is 106 Å². The van der Waals surface area contributed by atoms with Crippen LogP contribution in [-0.4, -0.2) is 68.0 Å². The van der Waals surface area contributed by atoms with E-state index in [0.29, 0.717) is 35.2 Å². The van der Waals surface area contributed by atoms with E-state index in [-0.39, 0.29) is 33.5 Å². The van der Waals surface area contributed by atoms with E-state index < -0.39 is 15.7 Å². The van der Waals surface area contributed by atoms with Gasteiger partial charge in [-0.05, 0) is 36.4 Å². The Morgan fingerprint density at radius 2 is 1.79 bits per heavy atom. The van der Waals surface area contributed by atoms with Crippen LogP contribution in [-0.2, 0) is 16.9 Å². The van der Waals surface area contributed by atoms with E-state index in [2.05, 4.69) is 15.2 Å². The largest absolute Gasteiger partial charge is 0.489 e. The summed E-state index contributed by atoms with van der Waals surface area (Å²) in [5.74, 6) is -0.479. The van der Waals surface area contributed by atoms with Crippen LogP contribution in [0.15, 0.2) is 64.5 Å². The van der Waals surface area contributed by atoms with Crippen molar-refractivity contribution < 1.29 is 22.3 Å². The molecule has 5 rings (SSSR count). The standard InChI is InChI=1S/C28H31FN4O5S/c1-3-39(35,36)19-7-8-23(21(17-19)22-18-32(2)28(34)27-20(22)9-10-31-27)38-25-6-4-5-24(26(25)29)37-16-15-33-13-11-30-12-14-33/h4-10,17-18,30-31H,3,11-16H2,1-2H3. The maximum Gasteiger partial charge on any atom is 0.274 e. The van der Waals surface area contributed by atoms with Crippen LogP contribution in [0.4, 0.5) is 4.39 Å². The molecule has 1 fully saturated rings. The van der Waals surface area contributed by atoms with Gasteiger partial charge < -0.3 is 24.3 Å². The second-order valence-corrected chi connectivity index (χ2v) is 11.7. The van der Waals surface area contributed by atoms with Crippen molar-refractivity contribution in [1.29, 1.82) is 0 Å². The van der Waals surface area contributed by atoms with Gasteiger partial charge >= 0.3 is 0 Å². The summed E-state index contributed by atoms with van der Waals surface area (Å²) < 4.78 is 54.1. The third kappa shape index (κ3) is 5.56. The number of rotatable bonds is 9. The van der Waals surface area contributed by atoms with Crippen molar-refractivity contribution in [2.75, 3.05) is 45.1 Å². The predicted molar refractivity (Wildman–Crippen MR) is 148 cm³/mol. The quantitative estimate of drug-likeness (QED) is 0.326. The average Bonchev–Trinajstić information content (AvgIpc) is 3.44. The Bertz CT molecular complexity index is 1660. The van der Waals surface area contributed by atoms with E-state index in [0.717, 1.165) is 26.2 Å². The van der Waals surface area contributed by atoms with Gasteiger partial charge in [0.15, 0.2) is 21.3 Å². The Kier molecular flexibility index (Phi) is 7.74. The number of fused-ring (bicyclic) bond motifs is 1. The van der Waals surface area contributed by atoms with Gasteiger partial charge in [-0.25, -0.2) is 8.42 Å². The number of benzene rings is 2. The lowest BCUT2D eigenvalue weighted by Gasteiger charge is -2.27. The minimum Gasteiger partial charge on any atom is -0.489 e. The van der Waals surface area contributed by atoms with Crippen LogP contribution in [0.1, 0.15) is 6.92 Å². The molecule has 0 aliphatic carbocycles. The van der Waals surface area contributed by atoms with Crippen LogP contribution < -0.4 is 20.3 Å². The minimum absolute atomic E-state index is 0.0582. The molecule has 1 aliphatic rings. The molecule has 2 N–H and O–H groups in total. The number of halogens is 1. The lowest BCUT2D eigenvalue weighted by molar-refractivity contribution is 0.187. The zero-order valence-corrected chi connectivity index (χ0v) is 22.7. The highest BCUT2D eigenvalue weighted by atomic mass is 32.2. The van der Waals surface area contributed by atoms with Gasteiger partial charge in [0.1, 0.15) is 17.9 Å². The summed E-state index contributed by atoms with van der Waals surface area (Å²) in [7, 11) is -1.93. The number of aryl methyl sites for hydroxylation is 1. The molecule has 11 heteroatoms. The third-order valence-corrected chi connectivity index (χ3v) is 8.63.